The Morgan fingerprint density at radius 1 is 1.29 bits per heavy atom. The second-order valence-corrected chi connectivity index (χ2v) is 5.62. The van der Waals surface area contributed by atoms with Gasteiger partial charge in [-0.3, -0.25) is 0 Å². The van der Waals surface area contributed by atoms with Crippen LogP contribution < -0.4 is 5.32 Å². The van der Waals surface area contributed by atoms with Gasteiger partial charge in [0.1, 0.15) is 0 Å². The highest BCUT2D eigenvalue weighted by Crippen LogP contribution is 2.16. The van der Waals surface area contributed by atoms with Gasteiger partial charge in [0, 0.05) is 24.5 Å². The van der Waals surface area contributed by atoms with Crippen LogP contribution in [0.15, 0.2) is 0 Å². The van der Waals surface area contributed by atoms with Crippen molar-refractivity contribution >= 4 is 11.3 Å². The molecule has 1 aromatic heterocycles. The van der Waals surface area contributed by atoms with E-state index in [1.165, 1.54) is 4.88 Å². The van der Waals surface area contributed by atoms with Crippen molar-refractivity contribution in [3.8, 4) is 0 Å². The normalized spacial score (nSPS) is 11.4. The summed E-state index contributed by atoms with van der Waals surface area (Å²) in [6.07, 6.45) is 0. The van der Waals surface area contributed by atoms with Crippen LogP contribution in [0.1, 0.15) is 15.6 Å². The predicted octanol–water partition coefficient (Wildman–Crippen LogP) is 1.43. The zero-order valence-corrected chi connectivity index (χ0v) is 12.1. The van der Waals surface area contributed by atoms with E-state index in [0.29, 0.717) is 0 Å². The molecule has 98 valence electrons. The first-order valence-electron chi connectivity index (χ1n) is 5.95. The molecule has 5 heteroatoms. The first-order valence-corrected chi connectivity index (χ1v) is 6.77. The number of aromatic nitrogens is 1. The van der Waals surface area contributed by atoms with E-state index in [-0.39, 0.29) is 0 Å². The summed E-state index contributed by atoms with van der Waals surface area (Å²) in [6, 6.07) is 0. The van der Waals surface area contributed by atoms with Crippen molar-refractivity contribution < 1.29 is 4.74 Å². The molecule has 0 saturated carbocycles. The molecule has 0 aliphatic carbocycles. The lowest BCUT2D eigenvalue weighted by Gasteiger charge is -2.10. The lowest BCUT2D eigenvalue weighted by molar-refractivity contribution is 0.119. The van der Waals surface area contributed by atoms with Crippen molar-refractivity contribution in [2.45, 2.75) is 20.4 Å². The summed E-state index contributed by atoms with van der Waals surface area (Å²) in [4.78, 5) is 7.85. The molecular weight excluding hydrogens is 234 g/mol. The zero-order chi connectivity index (χ0) is 12.7. The summed E-state index contributed by atoms with van der Waals surface area (Å²) >= 11 is 1.77. The molecule has 0 aliphatic heterocycles. The monoisotopic (exact) mass is 257 g/mol. The minimum Gasteiger partial charge on any atom is -0.379 e. The summed E-state index contributed by atoms with van der Waals surface area (Å²) in [5, 5.41) is 4.52. The Balaban J connectivity index is 2.03. The smallest absolute Gasteiger partial charge is 0.0900 e. The summed E-state index contributed by atoms with van der Waals surface area (Å²) < 4.78 is 5.50. The molecule has 0 unspecified atom stereocenters. The van der Waals surface area contributed by atoms with E-state index in [9.17, 15) is 0 Å². The lowest BCUT2D eigenvalue weighted by Crippen LogP contribution is -2.22. The van der Waals surface area contributed by atoms with Crippen molar-refractivity contribution in [1.82, 2.24) is 15.2 Å². The molecule has 0 amide bonds. The number of nitrogens with zero attached hydrogens (tertiary/aromatic N) is 2. The summed E-state index contributed by atoms with van der Waals surface area (Å²) in [6.45, 7) is 8.45. The predicted molar refractivity (Wildman–Crippen MR) is 72.7 cm³/mol. The zero-order valence-electron chi connectivity index (χ0n) is 11.2. The van der Waals surface area contributed by atoms with Crippen molar-refractivity contribution in [2.75, 3.05) is 40.4 Å². The molecule has 0 aliphatic rings. The Kier molecular flexibility index (Phi) is 6.65. The van der Waals surface area contributed by atoms with Crippen LogP contribution in [0.2, 0.25) is 0 Å². The van der Waals surface area contributed by atoms with Gasteiger partial charge in [0.15, 0.2) is 0 Å². The average molecular weight is 257 g/mol. The number of ether oxygens (including phenoxy) is 1. The molecule has 1 aromatic rings. The molecule has 1 N–H and O–H groups in total. The van der Waals surface area contributed by atoms with Gasteiger partial charge in [0.25, 0.3) is 0 Å². The average Bonchev–Trinajstić information content (AvgIpc) is 2.55. The van der Waals surface area contributed by atoms with Crippen molar-refractivity contribution in [3.63, 3.8) is 0 Å². The van der Waals surface area contributed by atoms with E-state index >= 15 is 0 Å². The van der Waals surface area contributed by atoms with E-state index in [1.54, 1.807) is 11.3 Å². The largest absolute Gasteiger partial charge is 0.379 e. The van der Waals surface area contributed by atoms with Crippen molar-refractivity contribution in [3.05, 3.63) is 15.6 Å². The van der Waals surface area contributed by atoms with Gasteiger partial charge in [0.2, 0.25) is 0 Å². The number of nitrogens with one attached hydrogen (secondary N) is 1. The number of hydrogen-bond acceptors (Lipinski definition) is 5. The minimum atomic E-state index is 0.769. The Labute approximate surface area is 108 Å². The van der Waals surface area contributed by atoms with E-state index in [4.69, 9.17) is 4.74 Å². The molecule has 0 aromatic carbocycles. The Morgan fingerprint density at radius 2 is 2.06 bits per heavy atom. The maximum Gasteiger partial charge on any atom is 0.0900 e. The Hall–Kier alpha value is -0.490. The Morgan fingerprint density at radius 3 is 2.65 bits per heavy atom. The first-order chi connectivity index (χ1) is 8.09. The number of thiazole rings is 1. The lowest BCUT2D eigenvalue weighted by atomic mass is 10.4. The maximum atomic E-state index is 5.50. The quantitative estimate of drug-likeness (QED) is 0.715. The number of aryl methyl sites for hydroxylation is 2. The Bertz CT molecular complexity index is 326. The van der Waals surface area contributed by atoms with E-state index in [2.05, 4.69) is 36.2 Å². The first kappa shape index (κ1) is 14.6. The van der Waals surface area contributed by atoms with Crippen LogP contribution in [0.5, 0.6) is 0 Å². The van der Waals surface area contributed by atoms with Gasteiger partial charge in [-0.25, -0.2) is 4.98 Å². The molecule has 1 rings (SSSR count). The summed E-state index contributed by atoms with van der Waals surface area (Å²) in [5.74, 6) is 0. The SMILES string of the molecule is Cc1nc(C)c(CNCCOCCN(C)C)s1. The molecule has 0 atom stereocenters. The fourth-order valence-electron chi connectivity index (χ4n) is 1.43. The van der Waals surface area contributed by atoms with Gasteiger partial charge >= 0.3 is 0 Å². The third-order valence-electron chi connectivity index (χ3n) is 2.39. The molecule has 0 saturated heterocycles. The van der Waals surface area contributed by atoms with Crippen molar-refractivity contribution in [1.29, 1.82) is 0 Å². The molecule has 17 heavy (non-hydrogen) atoms. The molecule has 0 spiro atoms. The van der Waals surface area contributed by atoms with Crippen LogP contribution in [0.4, 0.5) is 0 Å². The van der Waals surface area contributed by atoms with E-state index < -0.39 is 0 Å². The van der Waals surface area contributed by atoms with Gasteiger partial charge < -0.3 is 15.0 Å². The van der Waals surface area contributed by atoms with Crippen LogP contribution in [0, 0.1) is 13.8 Å². The second kappa shape index (κ2) is 7.76. The van der Waals surface area contributed by atoms with Gasteiger partial charge in [-0.1, -0.05) is 0 Å². The van der Waals surface area contributed by atoms with Gasteiger partial charge in [0.05, 0.1) is 23.9 Å². The van der Waals surface area contributed by atoms with E-state index in [1.807, 2.05) is 6.92 Å². The van der Waals surface area contributed by atoms with Gasteiger partial charge in [-0.15, -0.1) is 11.3 Å². The second-order valence-electron chi connectivity index (χ2n) is 4.33. The van der Waals surface area contributed by atoms with Gasteiger partial charge in [-0.05, 0) is 27.9 Å². The third-order valence-corrected chi connectivity index (χ3v) is 3.46. The highest BCUT2D eigenvalue weighted by molar-refractivity contribution is 7.11. The van der Waals surface area contributed by atoms with Crippen LogP contribution in [-0.2, 0) is 11.3 Å². The molecular formula is C12H23N3OS. The molecule has 0 bridgehead atoms. The van der Waals surface area contributed by atoms with Gasteiger partial charge in [-0.2, -0.15) is 0 Å². The number of likely N-dealkylation sites (N-methyl/N-ethyl adjacent to an activating group) is 1. The number of hydrogen-bond donors (Lipinski definition) is 1. The summed E-state index contributed by atoms with van der Waals surface area (Å²) in [7, 11) is 4.10. The summed E-state index contributed by atoms with van der Waals surface area (Å²) in [5.41, 5.74) is 1.15. The highest BCUT2D eigenvalue weighted by atomic mass is 32.1. The molecule has 4 nitrogen and oxygen atoms in total. The molecule has 0 fully saturated rings. The van der Waals surface area contributed by atoms with Crippen molar-refractivity contribution in [2.24, 2.45) is 0 Å². The molecule has 1 heterocycles. The van der Waals surface area contributed by atoms with Crippen LogP contribution in [0.3, 0.4) is 0 Å². The minimum absolute atomic E-state index is 0.769. The number of rotatable bonds is 8. The topological polar surface area (TPSA) is 37.4 Å². The maximum absolute atomic E-state index is 5.50. The molecule has 0 radical (unpaired) electrons. The fourth-order valence-corrected chi connectivity index (χ4v) is 2.34. The van der Waals surface area contributed by atoms with Crippen LogP contribution >= 0.6 is 11.3 Å². The van der Waals surface area contributed by atoms with Crippen LogP contribution in [0.25, 0.3) is 0 Å². The highest BCUT2D eigenvalue weighted by Gasteiger charge is 2.03. The van der Waals surface area contributed by atoms with Crippen LogP contribution in [-0.4, -0.2) is 50.3 Å². The standard InChI is InChI=1S/C12H23N3OS/c1-10-12(17-11(2)14-10)9-13-5-7-16-8-6-15(3)4/h13H,5-9H2,1-4H3. The third kappa shape index (κ3) is 6.12. The van der Waals surface area contributed by atoms with E-state index in [0.717, 1.165) is 43.5 Å². The fraction of sp³-hybridized carbons (Fsp3) is 0.750.